The quantitative estimate of drug-likeness (QED) is 0.627. The number of para-hydroxylation sites is 1. The molecule has 0 unspecified atom stereocenters. The van der Waals surface area contributed by atoms with Gasteiger partial charge in [-0.15, -0.1) is 0 Å². The van der Waals surface area contributed by atoms with Gasteiger partial charge in [0.15, 0.2) is 0 Å². The Morgan fingerprint density at radius 2 is 1.55 bits per heavy atom. The van der Waals surface area contributed by atoms with E-state index < -0.39 is 30.3 Å². The number of urea groups is 1. The van der Waals surface area contributed by atoms with E-state index in [1.54, 1.807) is 12.1 Å². The van der Waals surface area contributed by atoms with Gasteiger partial charge in [-0.2, -0.15) is 0 Å². The molecule has 5 amide bonds. The van der Waals surface area contributed by atoms with Gasteiger partial charge >= 0.3 is 17.8 Å². The van der Waals surface area contributed by atoms with Crippen molar-refractivity contribution in [2.45, 2.75) is 31.7 Å². The molecule has 1 saturated carbocycles. The van der Waals surface area contributed by atoms with Crippen LogP contribution in [0.2, 0.25) is 0 Å². The van der Waals surface area contributed by atoms with E-state index in [2.05, 4.69) is 5.32 Å². The lowest BCUT2D eigenvalue weighted by molar-refractivity contribution is -0.144. The van der Waals surface area contributed by atoms with Crippen LogP contribution < -0.4 is 5.32 Å². The molecule has 0 aromatic heterocycles. The number of carbonyl (C=O) groups is 4. The van der Waals surface area contributed by atoms with Crippen LogP contribution in [-0.2, 0) is 14.4 Å². The van der Waals surface area contributed by atoms with Crippen molar-refractivity contribution in [2.24, 2.45) is 0 Å². The Balaban J connectivity index is 1.49. The summed E-state index contributed by atoms with van der Waals surface area (Å²) in [5.74, 6) is -2.30. The van der Waals surface area contributed by atoms with E-state index >= 15 is 0 Å². The molecule has 2 aromatic rings. The normalized spacial score (nSPS) is 17.3. The van der Waals surface area contributed by atoms with E-state index in [0.717, 1.165) is 33.8 Å². The lowest BCUT2D eigenvalue weighted by Crippen LogP contribution is -2.41. The number of nitrogens with zero attached hydrogens (tertiary/aromatic N) is 2. The number of nitrogens with one attached hydrogen (secondary N) is 1. The Kier molecular flexibility index (Phi) is 5.12. The summed E-state index contributed by atoms with van der Waals surface area (Å²) in [5.41, 5.74) is 2.32. The molecular formula is C22H21N3O4. The molecule has 148 valence electrons. The van der Waals surface area contributed by atoms with Crippen molar-refractivity contribution in [3.8, 4) is 11.1 Å². The first-order valence-electron chi connectivity index (χ1n) is 9.69. The van der Waals surface area contributed by atoms with Crippen LogP contribution in [0.5, 0.6) is 0 Å². The number of anilines is 1. The molecular weight excluding hydrogens is 370 g/mol. The summed E-state index contributed by atoms with van der Waals surface area (Å²) in [6.07, 6.45) is 3.25. The highest BCUT2D eigenvalue weighted by atomic mass is 16.2. The smallest absolute Gasteiger partial charge is 0.324 e. The molecule has 2 fully saturated rings. The van der Waals surface area contributed by atoms with E-state index in [4.69, 9.17) is 0 Å². The second-order valence-electron chi connectivity index (χ2n) is 7.25. The van der Waals surface area contributed by atoms with Crippen LogP contribution in [0.25, 0.3) is 11.1 Å². The molecule has 7 heteroatoms. The van der Waals surface area contributed by atoms with Gasteiger partial charge in [-0.1, -0.05) is 61.4 Å². The zero-order valence-corrected chi connectivity index (χ0v) is 15.8. The fraction of sp³-hybridized carbons (Fsp3) is 0.273. The number of imide groups is 2. The summed E-state index contributed by atoms with van der Waals surface area (Å²) in [6.45, 7) is -0.490. The summed E-state index contributed by atoms with van der Waals surface area (Å²) in [7, 11) is 0. The van der Waals surface area contributed by atoms with E-state index in [1.807, 2.05) is 42.5 Å². The van der Waals surface area contributed by atoms with Gasteiger partial charge in [0.25, 0.3) is 0 Å². The number of amides is 5. The minimum atomic E-state index is -0.937. The summed E-state index contributed by atoms with van der Waals surface area (Å²) in [5, 5.41) is 2.76. The summed E-state index contributed by atoms with van der Waals surface area (Å²) in [6, 6.07) is 15.9. The number of carbonyl (C=O) groups excluding carboxylic acids is 4. The van der Waals surface area contributed by atoms with Crippen molar-refractivity contribution in [3.05, 3.63) is 54.6 Å². The molecule has 0 atom stereocenters. The van der Waals surface area contributed by atoms with Crippen LogP contribution in [0.1, 0.15) is 25.7 Å². The lowest BCUT2D eigenvalue weighted by Gasteiger charge is -2.21. The molecule has 1 aliphatic heterocycles. The third kappa shape index (κ3) is 3.63. The summed E-state index contributed by atoms with van der Waals surface area (Å²) in [4.78, 5) is 51.5. The molecule has 1 aliphatic carbocycles. The zero-order valence-electron chi connectivity index (χ0n) is 15.8. The monoisotopic (exact) mass is 391 g/mol. The van der Waals surface area contributed by atoms with E-state index in [0.29, 0.717) is 18.5 Å². The Bertz CT molecular complexity index is 967. The van der Waals surface area contributed by atoms with Gasteiger partial charge in [0, 0.05) is 17.3 Å². The average Bonchev–Trinajstić information content (AvgIpc) is 3.32. The van der Waals surface area contributed by atoms with Gasteiger partial charge in [-0.3, -0.25) is 19.3 Å². The van der Waals surface area contributed by atoms with Gasteiger partial charge in [-0.25, -0.2) is 9.69 Å². The average molecular weight is 391 g/mol. The fourth-order valence-corrected chi connectivity index (χ4v) is 3.94. The van der Waals surface area contributed by atoms with Crippen LogP contribution in [0.4, 0.5) is 10.5 Å². The molecule has 2 aromatic carbocycles. The van der Waals surface area contributed by atoms with Crippen molar-refractivity contribution in [3.63, 3.8) is 0 Å². The molecule has 7 nitrogen and oxygen atoms in total. The number of hydrogen-bond donors (Lipinski definition) is 1. The molecule has 0 spiro atoms. The first-order chi connectivity index (χ1) is 14.1. The van der Waals surface area contributed by atoms with E-state index in [-0.39, 0.29) is 6.04 Å². The number of rotatable bonds is 5. The standard InChI is InChI=1S/C22H21N3O4/c26-19(23-18-13-7-6-12-17(18)15-8-2-1-3-9-15)14-24-20(27)21(28)25(22(24)29)16-10-4-5-11-16/h1-3,6-9,12-13,16H,4-5,10-11,14H2,(H,23,26). The maximum absolute atomic E-state index is 12.6. The molecule has 1 heterocycles. The first-order valence-corrected chi connectivity index (χ1v) is 9.69. The molecule has 4 rings (SSSR count). The van der Waals surface area contributed by atoms with E-state index in [1.165, 1.54) is 0 Å². The lowest BCUT2D eigenvalue weighted by atomic mass is 10.0. The van der Waals surface area contributed by atoms with Gasteiger partial charge in [0.2, 0.25) is 5.91 Å². The largest absolute Gasteiger partial charge is 0.334 e. The van der Waals surface area contributed by atoms with Gasteiger partial charge in [0.05, 0.1) is 0 Å². The molecule has 29 heavy (non-hydrogen) atoms. The number of benzene rings is 2. The number of hydrogen-bond acceptors (Lipinski definition) is 4. The molecule has 0 bridgehead atoms. The van der Waals surface area contributed by atoms with E-state index in [9.17, 15) is 19.2 Å². The minimum absolute atomic E-state index is 0.245. The third-order valence-electron chi connectivity index (χ3n) is 5.36. The second-order valence-corrected chi connectivity index (χ2v) is 7.25. The van der Waals surface area contributed by atoms with Crippen molar-refractivity contribution in [1.82, 2.24) is 9.80 Å². The molecule has 1 N–H and O–H groups in total. The highest BCUT2D eigenvalue weighted by molar-refractivity contribution is 6.45. The Hall–Kier alpha value is -3.48. The maximum Gasteiger partial charge on any atom is 0.334 e. The highest BCUT2D eigenvalue weighted by Crippen LogP contribution is 2.29. The van der Waals surface area contributed by atoms with Crippen molar-refractivity contribution in [1.29, 1.82) is 0 Å². The predicted octanol–water partition coefficient (Wildman–Crippen LogP) is 3.03. The summed E-state index contributed by atoms with van der Waals surface area (Å²) < 4.78 is 0. The molecule has 0 radical (unpaired) electrons. The summed E-state index contributed by atoms with van der Waals surface area (Å²) >= 11 is 0. The van der Waals surface area contributed by atoms with Crippen LogP contribution in [0.3, 0.4) is 0 Å². The second kappa shape index (κ2) is 7.87. The topological polar surface area (TPSA) is 86.8 Å². The Labute approximate surface area is 168 Å². The fourth-order valence-electron chi connectivity index (χ4n) is 3.94. The van der Waals surface area contributed by atoms with Gasteiger partial charge < -0.3 is 5.32 Å². The van der Waals surface area contributed by atoms with Crippen LogP contribution in [0.15, 0.2) is 54.6 Å². The SMILES string of the molecule is O=C(CN1C(=O)C(=O)N(C2CCCC2)C1=O)Nc1ccccc1-c1ccccc1. The third-order valence-corrected chi connectivity index (χ3v) is 5.36. The first kappa shape index (κ1) is 18.9. The van der Waals surface area contributed by atoms with Crippen molar-refractivity contribution < 1.29 is 19.2 Å². The van der Waals surface area contributed by atoms with Crippen molar-refractivity contribution in [2.75, 3.05) is 11.9 Å². The molecule has 2 aliphatic rings. The predicted molar refractivity (Wildman–Crippen MR) is 107 cm³/mol. The van der Waals surface area contributed by atoms with Crippen molar-refractivity contribution >= 4 is 29.4 Å². The van der Waals surface area contributed by atoms with Crippen LogP contribution >= 0.6 is 0 Å². The minimum Gasteiger partial charge on any atom is -0.324 e. The Morgan fingerprint density at radius 3 is 2.28 bits per heavy atom. The van der Waals surface area contributed by atoms with Crippen LogP contribution in [0, 0.1) is 0 Å². The Morgan fingerprint density at radius 1 is 0.897 bits per heavy atom. The van der Waals surface area contributed by atoms with Crippen LogP contribution in [-0.4, -0.2) is 46.1 Å². The zero-order chi connectivity index (χ0) is 20.4. The highest BCUT2D eigenvalue weighted by Gasteiger charge is 2.48. The van der Waals surface area contributed by atoms with Gasteiger partial charge in [0.1, 0.15) is 6.54 Å². The maximum atomic E-state index is 12.6. The molecule has 1 saturated heterocycles. The van der Waals surface area contributed by atoms with Gasteiger partial charge in [-0.05, 0) is 24.5 Å².